The van der Waals surface area contributed by atoms with E-state index in [1.807, 2.05) is 65.6 Å². The van der Waals surface area contributed by atoms with Crippen LogP contribution >= 0.6 is 11.6 Å². The Morgan fingerprint density at radius 1 is 1.03 bits per heavy atom. The predicted molar refractivity (Wildman–Crippen MR) is 117 cm³/mol. The predicted octanol–water partition coefficient (Wildman–Crippen LogP) is 3.93. The molecule has 1 fully saturated rings. The number of nitrogens with one attached hydrogen (secondary N) is 1. The van der Waals surface area contributed by atoms with Crippen LogP contribution in [-0.2, 0) is 4.79 Å². The maximum absolute atomic E-state index is 13.4. The summed E-state index contributed by atoms with van der Waals surface area (Å²) in [6, 6.07) is 19.0. The summed E-state index contributed by atoms with van der Waals surface area (Å²) in [7, 11) is 0. The number of aromatic nitrogens is 2. The van der Waals surface area contributed by atoms with Crippen molar-refractivity contribution in [2.45, 2.75) is 25.8 Å². The van der Waals surface area contributed by atoms with E-state index in [-0.39, 0.29) is 17.9 Å². The Bertz CT molecular complexity index is 1040. The number of piperidine rings is 1. The van der Waals surface area contributed by atoms with Crippen LogP contribution in [0.15, 0.2) is 60.7 Å². The lowest BCUT2D eigenvalue weighted by molar-refractivity contribution is -0.119. The Morgan fingerprint density at radius 3 is 2.33 bits per heavy atom. The minimum atomic E-state index is -0.0622. The minimum absolute atomic E-state index is 0.0328. The molecule has 0 atom stereocenters. The highest BCUT2D eigenvalue weighted by Crippen LogP contribution is 2.25. The summed E-state index contributed by atoms with van der Waals surface area (Å²) in [5, 5.41) is 8.32. The first-order valence-corrected chi connectivity index (χ1v) is 10.4. The van der Waals surface area contributed by atoms with Gasteiger partial charge in [0.05, 0.1) is 11.4 Å². The fourth-order valence-corrected chi connectivity index (χ4v) is 3.86. The summed E-state index contributed by atoms with van der Waals surface area (Å²) in [5.41, 5.74) is 2.96. The van der Waals surface area contributed by atoms with Gasteiger partial charge in [0.25, 0.3) is 5.91 Å². The molecule has 154 valence electrons. The van der Waals surface area contributed by atoms with Crippen LogP contribution in [0.1, 0.15) is 30.3 Å². The number of rotatable bonds is 4. The highest BCUT2D eigenvalue weighted by Gasteiger charge is 2.27. The zero-order chi connectivity index (χ0) is 21.1. The highest BCUT2D eigenvalue weighted by molar-refractivity contribution is 6.30. The molecule has 2 amide bonds. The molecule has 4 rings (SSSR count). The fraction of sp³-hybridized carbons (Fsp3) is 0.261. The second-order valence-corrected chi connectivity index (χ2v) is 7.87. The van der Waals surface area contributed by atoms with Crippen molar-refractivity contribution in [3.63, 3.8) is 0 Å². The first-order valence-electron chi connectivity index (χ1n) is 9.99. The number of nitrogens with zero attached hydrogens (tertiary/aromatic N) is 3. The van der Waals surface area contributed by atoms with Crippen molar-refractivity contribution in [3.05, 3.63) is 71.4 Å². The van der Waals surface area contributed by atoms with E-state index in [0.717, 1.165) is 24.1 Å². The molecule has 1 aliphatic rings. The molecule has 30 heavy (non-hydrogen) atoms. The molecular weight excluding hydrogens is 400 g/mol. The van der Waals surface area contributed by atoms with E-state index in [4.69, 9.17) is 16.7 Å². The zero-order valence-corrected chi connectivity index (χ0v) is 17.5. The third-order valence-electron chi connectivity index (χ3n) is 5.26. The monoisotopic (exact) mass is 422 g/mol. The molecule has 2 aromatic carbocycles. The number of para-hydroxylation sites is 1. The van der Waals surface area contributed by atoms with Gasteiger partial charge in [-0.05, 0) is 43.2 Å². The van der Waals surface area contributed by atoms with Gasteiger partial charge in [-0.1, -0.05) is 41.9 Å². The average Bonchev–Trinajstić information content (AvgIpc) is 3.20. The first-order chi connectivity index (χ1) is 14.5. The van der Waals surface area contributed by atoms with Crippen molar-refractivity contribution in [1.29, 1.82) is 0 Å². The standard InChI is InChI=1S/C23H23ClN4O2/c1-16(29)25-19-11-13-27(14-12-19)23(30)22-15-21(17-7-9-18(24)10-8-17)26-28(22)20-5-3-2-4-6-20/h2-10,15,19H,11-14H2,1H3,(H,25,29). The van der Waals surface area contributed by atoms with Crippen LogP contribution in [0.25, 0.3) is 16.9 Å². The van der Waals surface area contributed by atoms with Crippen LogP contribution in [0.2, 0.25) is 5.02 Å². The molecule has 1 aromatic heterocycles. The summed E-state index contributed by atoms with van der Waals surface area (Å²) in [6.45, 7) is 2.72. The van der Waals surface area contributed by atoms with Crippen molar-refractivity contribution in [2.75, 3.05) is 13.1 Å². The van der Waals surface area contributed by atoms with Crippen LogP contribution in [-0.4, -0.2) is 45.6 Å². The lowest BCUT2D eigenvalue weighted by Gasteiger charge is -2.32. The van der Waals surface area contributed by atoms with E-state index < -0.39 is 0 Å². The van der Waals surface area contributed by atoms with E-state index in [9.17, 15) is 9.59 Å². The van der Waals surface area contributed by atoms with Crippen molar-refractivity contribution in [2.24, 2.45) is 0 Å². The summed E-state index contributed by atoms with van der Waals surface area (Å²) in [5.74, 6) is -0.0950. The van der Waals surface area contributed by atoms with Gasteiger partial charge in [0.2, 0.25) is 5.91 Å². The van der Waals surface area contributed by atoms with Gasteiger partial charge >= 0.3 is 0 Å². The second kappa shape index (κ2) is 8.71. The Morgan fingerprint density at radius 2 is 1.70 bits per heavy atom. The van der Waals surface area contributed by atoms with Crippen molar-refractivity contribution >= 4 is 23.4 Å². The maximum atomic E-state index is 13.4. The largest absolute Gasteiger partial charge is 0.353 e. The summed E-state index contributed by atoms with van der Waals surface area (Å²) in [4.78, 5) is 26.5. The fourth-order valence-electron chi connectivity index (χ4n) is 3.74. The smallest absolute Gasteiger partial charge is 0.272 e. The average molecular weight is 423 g/mol. The molecule has 0 saturated carbocycles. The molecular formula is C23H23ClN4O2. The lowest BCUT2D eigenvalue weighted by Crippen LogP contribution is -2.46. The maximum Gasteiger partial charge on any atom is 0.272 e. The topological polar surface area (TPSA) is 67.2 Å². The lowest BCUT2D eigenvalue weighted by atomic mass is 10.0. The minimum Gasteiger partial charge on any atom is -0.353 e. The molecule has 0 unspecified atom stereocenters. The van der Waals surface area contributed by atoms with Gasteiger partial charge in [0, 0.05) is 36.6 Å². The van der Waals surface area contributed by atoms with E-state index >= 15 is 0 Å². The molecule has 1 N–H and O–H groups in total. The molecule has 7 heteroatoms. The molecule has 2 heterocycles. The Kier molecular flexibility index (Phi) is 5.86. The number of hydrogen-bond donors (Lipinski definition) is 1. The van der Waals surface area contributed by atoms with Crippen LogP contribution < -0.4 is 5.32 Å². The van der Waals surface area contributed by atoms with E-state index in [1.54, 1.807) is 4.68 Å². The molecule has 1 aliphatic heterocycles. The third kappa shape index (κ3) is 4.39. The molecule has 6 nitrogen and oxygen atoms in total. The van der Waals surface area contributed by atoms with Crippen LogP contribution in [0.3, 0.4) is 0 Å². The van der Waals surface area contributed by atoms with Gasteiger partial charge in [-0.25, -0.2) is 4.68 Å². The van der Waals surface area contributed by atoms with Crippen molar-refractivity contribution in [3.8, 4) is 16.9 Å². The summed E-state index contributed by atoms with van der Waals surface area (Å²) >= 11 is 6.01. The quantitative estimate of drug-likeness (QED) is 0.692. The Balaban J connectivity index is 1.63. The van der Waals surface area contributed by atoms with Gasteiger partial charge in [-0.15, -0.1) is 0 Å². The Labute approximate surface area is 180 Å². The number of carbonyl (C=O) groups is 2. The zero-order valence-electron chi connectivity index (χ0n) is 16.7. The first kappa shape index (κ1) is 20.2. The van der Waals surface area contributed by atoms with Gasteiger partial charge < -0.3 is 10.2 Å². The summed E-state index contributed by atoms with van der Waals surface area (Å²) < 4.78 is 1.70. The molecule has 0 radical (unpaired) electrons. The van der Waals surface area contributed by atoms with E-state index in [2.05, 4.69) is 5.32 Å². The third-order valence-corrected chi connectivity index (χ3v) is 5.51. The molecule has 1 saturated heterocycles. The SMILES string of the molecule is CC(=O)NC1CCN(C(=O)c2cc(-c3ccc(Cl)cc3)nn2-c2ccccc2)CC1. The van der Waals surface area contributed by atoms with Gasteiger partial charge in [0.15, 0.2) is 0 Å². The highest BCUT2D eigenvalue weighted by atomic mass is 35.5. The Hall–Kier alpha value is -3.12. The molecule has 0 aliphatic carbocycles. The van der Waals surface area contributed by atoms with Crippen LogP contribution in [0.5, 0.6) is 0 Å². The van der Waals surface area contributed by atoms with Crippen molar-refractivity contribution in [1.82, 2.24) is 20.0 Å². The number of amides is 2. The van der Waals surface area contributed by atoms with Crippen molar-refractivity contribution < 1.29 is 9.59 Å². The normalized spacial score (nSPS) is 14.5. The van der Waals surface area contributed by atoms with Gasteiger partial charge in [-0.2, -0.15) is 5.10 Å². The van der Waals surface area contributed by atoms with Crippen LogP contribution in [0.4, 0.5) is 0 Å². The van der Waals surface area contributed by atoms with Crippen LogP contribution in [0, 0.1) is 0 Å². The van der Waals surface area contributed by atoms with E-state index in [0.29, 0.717) is 29.5 Å². The summed E-state index contributed by atoms with van der Waals surface area (Å²) in [6.07, 6.45) is 1.49. The second-order valence-electron chi connectivity index (χ2n) is 7.44. The number of hydrogen-bond acceptors (Lipinski definition) is 3. The number of benzene rings is 2. The molecule has 3 aromatic rings. The molecule has 0 spiro atoms. The van der Waals surface area contributed by atoms with Gasteiger partial charge in [-0.3, -0.25) is 9.59 Å². The number of halogens is 1. The van der Waals surface area contributed by atoms with Gasteiger partial charge in [0.1, 0.15) is 5.69 Å². The number of likely N-dealkylation sites (tertiary alicyclic amines) is 1. The number of carbonyl (C=O) groups excluding carboxylic acids is 2. The van der Waals surface area contributed by atoms with E-state index in [1.165, 1.54) is 6.92 Å². The molecule has 0 bridgehead atoms.